The Hall–Kier alpha value is -5.15. The van der Waals surface area contributed by atoms with Crippen LogP contribution in [0.2, 0.25) is 0 Å². The van der Waals surface area contributed by atoms with Gasteiger partial charge in [0.15, 0.2) is 16.3 Å². The topological polar surface area (TPSA) is 91.2 Å². The van der Waals surface area contributed by atoms with E-state index in [0.717, 1.165) is 21.9 Å². The maximum atomic E-state index is 14.3. The molecule has 0 spiro atoms. The molecule has 9 heteroatoms. The van der Waals surface area contributed by atoms with Crippen molar-refractivity contribution in [3.8, 4) is 17.2 Å². The molecule has 0 radical (unpaired) electrons. The standard InChI is InChI=1S/C35H31N3O5S/c1-20-10-6-9-13-26(20)37-33(39)31-21(2)36-35-38(32(31)23-15-17-28(42-4)29(18-23)43-5)34(40)30(44-35)19-25-24-12-8-7-11-22(24)14-16-27(25)41-3/h6-19,32H,1-5H3,(H,37,39)/b30-19+/t32-/m0/s1. The van der Waals surface area contributed by atoms with E-state index >= 15 is 0 Å². The first-order valence-electron chi connectivity index (χ1n) is 14.0. The molecule has 1 amide bonds. The van der Waals surface area contributed by atoms with Crippen LogP contribution < -0.4 is 34.4 Å². The van der Waals surface area contributed by atoms with Gasteiger partial charge in [0, 0.05) is 11.3 Å². The number of amides is 1. The highest BCUT2D eigenvalue weighted by atomic mass is 32.1. The third kappa shape index (κ3) is 5.05. The number of carbonyl (C=O) groups is 1. The van der Waals surface area contributed by atoms with E-state index in [9.17, 15) is 9.59 Å². The number of carbonyl (C=O) groups excluding carboxylic acids is 1. The minimum Gasteiger partial charge on any atom is -0.496 e. The summed E-state index contributed by atoms with van der Waals surface area (Å²) in [5, 5.41) is 5.04. The van der Waals surface area contributed by atoms with Gasteiger partial charge in [-0.25, -0.2) is 4.99 Å². The van der Waals surface area contributed by atoms with Crippen LogP contribution in [0.5, 0.6) is 17.2 Å². The summed E-state index contributed by atoms with van der Waals surface area (Å²) in [6.07, 6.45) is 1.85. The Morgan fingerprint density at radius 3 is 2.34 bits per heavy atom. The Morgan fingerprint density at radius 2 is 1.59 bits per heavy atom. The fraction of sp³-hybridized carbons (Fsp3) is 0.171. The molecule has 1 atom stereocenters. The van der Waals surface area contributed by atoms with Crippen molar-refractivity contribution in [3.05, 3.63) is 127 Å². The van der Waals surface area contributed by atoms with Crippen LogP contribution in [-0.4, -0.2) is 31.8 Å². The van der Waals surface area contributed by atoms with Gasteiger partial charge in [-0.15, -0.1) is 0 Å². The second-order valence-corrected chi connectivity index (χ2v) is 11.4. The lowest BCUT2D eigenvalue weighted by molar-refractivity contribution is -0.113. The van der Waals surface area contributed by atoms with Gasteiger partial charge in [0.05, 0.1) is 43.2 Å². The van der Waals surface area contributed by atoms with Crippen LogP contribution in [0.4, 0.5) is 5.69 Å². The summed E-state index contributed by atoms with van der Waals surface area (Å²) in [6.45, 7) is 3.73. The van der Waals surface area contributed by atoms with E-state index in [2.05, 4.69) is 5.32 Å². The van der Waals surface area contributed by atoms with E-state index in [1.165, 1.54) is 11.3 Å². The first-order valence-corrected chi connectivity index (χ1v) is 14.8. The van der Waals surface area contributed by atoms with Gasteiger partial charge < -0.3 is 19.5 Å². The van der Waals surface area contributed by atoms with Gasteiger partial charge >= 0.3 is 0 Å². The number of aromatic nitrogens is 1. The normalized spacial score (nSPS) is 14.7. The molecule has 2 heterocycles. The molecule has 0 aliphatic carbocycles. The highest BCUT2D eigenvalue weighted by Gasteiger charge is 2.33. The molecule has 1 aromatic heterocycles. The zero-order valence-electron chi connectivity index (χ0n) is 25.0. The van der Waals surface area contributed by atoms with Crippen LogP contribution in [-0.2, 0) is 4.79 Å². The summed E-state index contributed by atoms with van der Waals surface area (Å²) in [7, 11) is 4.73. The number of hydrogen-bond acceptors (Lipinski definition) is 7. The fourth-order valence-corrected chi connectivity index (χ4v) is 6.61. The third-order valence-corrected chi connectivity index (χ3v) is 8.79. The molecule has 8 nitrogen and oxygen atoms in total. The maximum Gasteiger partial charge on any atom is 0.271 e. The second kappa shape index (κ2) is 11.9. The lowest BCUT2D eigenvalue weighted by Gasteiger charge is -2.26. The lowest BCUT2D eigenvalue weighted by Crippen LogP contribution is -2.40. The van der Waals surface area contributed by atoms with E-state index in [0.29, 0.717) is 49.1 Å². The molecule has 1 N–H and O–H groups in total. The van der Waals surface area contributed by atoms with Gasteiger partial charge in [-0.1, -0.05) is 65.9 Å². The molecule has 0 unspecified atom stereocenters. The summed E-state index contributed by atoms with van der Waals surface area (Å²) in [5.74, 6) is 1.34. The van der Waals surface area contributed by atoms with Crippen molar-refractivity contribution in [3.63, 3.8) is 0 Å². The number of benzene rings is 4. The predicted octanol–water partition coefficient (Wildman–Crippen LogP) is 5.36. The number of nitrogens with one attached hydrogen (secondary N) is 1. The SMILES string of the molecule is COc1ccc([C@H]2C(C(=O)Nc3ccccc3C)=C(C)N=c3s/c(=C/c4c(OC)ccc5ccccc45)c(=O)n32)cc1OC. The average Bonchev–Trinajstić information content (AvgIpc) is 3.34. The van der Waals surface area contributed by atoms with E-state index in [1.54, 1.807) is 45.0 Å². The van der Waals surface area contributed by atoms with Gasteiger partial charge in [-0.3, -0.25) is 14.2 Å². The zero-order chi connectivity index (χ0) is 31.0. The Morgan fingerprint density at radius 1 is 0.886 bits per heavy atom. The van der Waals surface area contributed by atoms with Gasteiger partial charge in [-0.05, 0) is 66.1 Å². The Kier molecular flexibility index (Phi) is 7.80. The molecule has 1 aliphatic heterocycles. The number of ether oxygens (including phenoxy) is 3. The van der Waals surface area contributed by atoms with Crippen molar-refractivity contribution in [1.82, 2.24) is 4.57 Å². The monoisotopic (exact) mass is 605 g/mol. The molecule has 1 aliphatic rings. The van der Waals surface area contributed by atoms with Gasteiger partial charge in [0.1, 0.15) is 5.75 Å². The minimum absolute atomic E-state index is 0.266. The first kappa shape index (κ1) is 28.9. The van der Waals surface area contributed by atoms with E-state index < -0.39 is 6.04 Å². The maximum absolute atomic E-state index is 14.3. The molecule has 44 heavy (non-hydrogen) atoms. The number of nitrogens with zero attached hydrogens (tertiary/aromatic N) is 2. The largest absolute Gasteiger partial charge is 0.496 e. The second-order valence-electron chi connectivity index (χ2n) is 10.4. The molecule has 5 aromatic rings. The number of para-hydroxylation sites is 1. The van der Waals surface area contributed by atoms with Crippen LogP contribution >= 0.6 is 11.3 Å². The number of allylic oxidation sites excluding steroid dienone is 1. The van der Waals surface area contributed by atoms with Crippen molar-refractivity contribution < 1.29 is 19.0 Å². The zero-order valence-corrected chi connectivity index (χ0v) is 25.8. The number of aryl methyl sites for hydroxylation is 1. The molecular weight excluding hydrogens is 574 g/mol. The van der Waals surface area contributed by atoms with Crippen LogP contribution in [0.15, 0.2) is 99.9 Å². The number of methoxy groups -OCH3 is 3. The van der Waals surface area contributed by atoms with Crippen molar-refractivity contribution >= 4 is 39.8 Å². The first-order chi connectivity index (χ1) is 21.3. The smallest absolute Gasteiger partial charge is 0.271 e. The van der Waals surface area contributed by atoms with Crippen LogP contribution in [0, 0.1) is 6.92 Å². The highest BCUT2D eigenvalue weighted by Crippen LogP contribution is 2.36. The molecular formula is C35H31N3O5S. The summed E-state index contributed by atoms with van der Waals surface area (Å²) >= 11 is 1.28. The van der Waals surface area contributed by atoms with E-state index in [1.807, 2.05) is 79.7 Å². The van der Waals surface area contributed by atoms with E-state index in [-0.39, 0.29) is 11.5 Å². The molecule has 0 saturated heterocycles. The summed E-state index contributed by atoms with van der Waals surface area (Å²) in [4.78, 5) is 33.6. The number of fused-ring (bicyclic) bond motifs is 2. The van der Waals surface area contributed by atoms with Crippen molar-refractivity contribution in [2.24, 2.45) is 4.99 Å². The fourth-order valence-electron chi connectivity index (χ4n) is 5.59. The summed E-state index contributed by atoms with van der Waals surface area (Å²) in [6, 6.07) is 24.1. The molecule has 6 rings (SSSR count). The van der Waals surface area contributed by atoms with Crippen molar-refractivity contribution in [1.29, 1.82) is 0 Å². The van der Waals surface area contributed by atoms with Gasteiger partial charge in [0.25, 0.3) is 11.5 Å². The summed E-state index contributed by atoms with van der Waals surface area (Å²) in [5.41, 5.74) is 3.70. The minimum atomic E-state index is -0.772. The highest BCUT2D eigenvalue weighted by molar-refractivity contribution is 7.07. The molecule has 0 saturated carbocycles. The van der Waals surface area contributed by atoms with Crippen molar-refractivity contribution in [2.45, 2.75) is 19.9 Å². The summed E-state index contributed by atoms with van der Waals surface area (Å²) < 4.78 is 18.8. The number of thiazole rings is 1. The van der Waals surface area contributed by atoms with Crippen molar-refractivity contribution in [2.75, 3.05) is 26.6 Å². The van der Waals surface area contributed by atoms with Gasteiger partial charge in [0.2, 0.25) is 0 Å². The number of rotatable bonds is 7. The molecule has 222 valence electrons. The molecule has 4 aromatic carbocycles. The quantitative estimate of drug-likeness (QED) is 0.270. The van der Waals surface area contributed by atoms with Crippen LogP contribution in [0.25, 0.3) is 16.8 Å². The van der Waals surface area contributed by atoms with Crippen LogP contribution in [0.3, 0.4) is 0 Å². The van der Waals surface area contributed by atoms with E-state index in [4.69, 9.17) is 19.2 Å². The lowest BCUT2D eigenvalue weighted by atomic mass is 9.94. The van der Waals surface area contributed by atoms with Crippen LogP contribution in [0.1, 0.15) is 29.7 Å². The average molecular weight is 606 g/mol. The molecule has 0 fully saturated rings. The molecule has 0 bridgehead atoms. The Labute approximate surface area is 258 Å². The van der Waals surface area contributed by atoms with Gasteiger partial charge in [-0.2, -0.15) is 0 Å². The number of hydrogen-bond donors (Lipinski definition) is 1. The Bertz CT molecular complexity index is 2140. The predicted molar refractivity (Wildman–Crippen MR) is 174 cm³/mol. The Balaban J connectivity index is 1.58. The number of anilines is 1. The third-order valence-electron chi connectivity index (χ3n) is 7.81.